The van der Waals surface area contributed by atoms with E-state index in [2.05, 4.69) is 56.6 Å². The summed E-state index contributed by atoms with van der Waals surface area (Å²) >= 11 is 0. The molecule has 0 saturated carbocycles. The fourth-order valence-electron chi connectivity index (χ4n) is 3.71. The largest absolute Gasteiger partial charge is 0.466 e. The molecule has 0 amide bonds. The molecule has 170 valence electrons. The number of nitrogens with zero attached hydrogens (tertiary/aromatic N) is 3. The van der Waals surface area contributed by atoms with E-state index in [1.54, 1.807) is 25.3 Å². The van der Waals surface area contributed by atoms with Crippen molar-refractivity contribution in [2.75, 3.05) is 45.8 Å². The molecular weight excluding hydrogens is 390 g/mol. The van der Waals surface area contributed by atoms with Crippen LogP contribution in [0.1, 0.15) is 37.7 Å². The molecule has 1 aromatic heterocycles. The van der Waals surface area contributed by atoms with E-state index in [4.69, 9.17) is 4.42 Å². The van der Waals surface area contributed by atoms with Gasteiger partial charge in [-0.15, -0.1) is 0 Å². The van der Waals surface area contributed by atoms with E-state index in [9.17, 15) is 5.11 Å². The Balaban J connectivity index is 1.51. The number of aliphatic imine (C=N–C) groups is 1. The summed E-state index contributed by atoms with van der Waals surface area (Å²) in [4.78, 5) is 9.69. The summed E-state index contributed by atoms with van der Waals surface area (Å²) in [7, 11) is 0. The van der Waals surface area contributed by atoms with Gasteiger partial charge in [0, 0.05) is 39.3 Å². The number of furan rings is 1. The molecule has 1 unspecified atom stereocenters. The minimum absolute atomic E-state index is 0.302. The fraction of sp³-hybridized carbons (Fsp3) is 0.542. The van der Waals surface area contributed by atoms with Crippen LogP contribution in [0.2, 0.25) is 0 Å². The zero-order valence-electron chi connectivity index (χ0n) is 19.1. The van der Waals surface area contributed by atoms with E-state index >= 15 is 0 Å². The molecule has 1 aliphatic rings. The van der Waals surface area contributed by atoms with Crippen LogP contribution >= 0.6 is 0 Å². The molecule has 1 atom stereocenters. The molecule has 1 saturated heterocycles. The van der Waals surface area contributed by atoms with Crippen LogP contribution in [0.4, 0.5) is 0 Å². The second kappa shape index (κ2) is 11.3. The Morgan fingerprint density at radius 2 is 1.71 bits per heavy atom. The molecule has 3 N–H and O–H groups in total. The molecule has 1 fully saturated rings. The van der Waals surface area contributed by atoms with Crippen LogP contribution < -0.4 is 10.6 Å². The minimum atomic E-state index is -1.11. The first-order chi connectivity index (χ1) is 15.0. The maximum Gasteiger partial charge on any atom is 0.191 e. The first-order valence-corrected chi connectivity index (χ1v) is 11.3. The topological polar surface area (TPSA) is 76.3 Å². The van der Waals surface area contributed by atoms with Crippen LogP contribution in [-0.4, -0.2) is 66.7 Å². The maximum absolute atomic E-state index is 10.6. The highest BCUT2D eigenvalue weighted by Gasteiger charge is 2.26. The first-order valence-electron chi connectivity index (χ1n) is 11.3. The van der Waals surface area contributed by atoms with Crippen molar-refractivity contribution in [2.24, 2.45) is 4.99 Å². The summed E-state index contributed by atoms with van der Waals surface area (Å²) in [5.74, 6) is 1.20. The Hall–Kier alpha value is -2.35. The Bertz CT molecular complexity index is 794. The number of nitrogens with one attached hydrogen (secondary N) is 2. The van der Waals surface area contributed by atoms with E-state index in [0.29, 0.717) is 24.8 Å². The molecule has 1 aromatic carbocycles. The van der Waals surface area contributed by atoms with Gasteiger partial charge in [-0.05, 0) is 43.7 Å². The van der Waals surface area contributed by atoms with Gasteiger partial charge in [-0.2, -0.15) is 0 Å². The third kappa shape index (κ3) is 7.09. The lowest BCUT2D eigenvalue weighted by Crippen LogP contribution is -2.45. The minimum Gasteiger partial charge on any atom is -0.466 e. The Labute approximate surface area is 186 Å². The Morgan fingerprint density at radius 1 is 1.03 bits per heavy atom. The van der Waals surface area contributed by atoms with E-state index in [0.717, 1.165) is 51.4 Å². The molecule has 0 spiro atoms. The predicted octanol–water partition coefficient (Wildman–Crippen LogP) is 2.38. The average Bonchev–Trinajstić information content (AvgIpc) is 3.33. The lowest BCUT2D eigenvalue weighted by atomic mass is 10.0. The summed E-state index contributed by atoms with van der Waals surface area (Å²) in [6, 6.07) is 12.3. The molecule has 0 radical (unpaired) electrons. The van der Waals surface area contributed by atoms with Gasteiger partial charge in [0.1, 0.15) is 11.4 Å². The summed E-state index contributed by atoms with van der Waals surface area (Å²) in [5.41, 5.74) is 1.40. The zero-order chi connectivity index (χ0) is 22.1. The SMILES string of the molecule is CCNC(=NCc1ccc(CN2CCN(CC)CC2)cc1)NCC(C)(O)c1ccco1. The number of benzene rings is 1. The first kappa shape index (κ1) is 23.3. The van der Waals surface area contributed by atoms with Crippen LogP contribution in [-0.2, 0) is 18.7 Å². The summed E-state index contributed by atoms with van der Waals surface area (Å²) in [5, 5.41) is 17.1. The Morgan fingerprint density at radius 3 is 2.32 bits per heavy atom. The normalized spacial score (nSPS) is 18.0. The third-order valence-electron chi connectivity index (χ3n) is 5.76. The lowest BCUT2D eigenvalue weighted by Gasteiger charge is -2.34. The summed E-state index contributed by atoms with van der Waals surface area (Å²) < 4.78 is 5.34. The molecule has 7 heteroatoms. The van der Waals surface area contributed by atoms with Crippen LogP contribution in [0.3, 0.4) is 0 Å². The van der Waals surface area contributed by atoms with Gasteiger partial charge in [-0.3, -0.25) is 4.90 Å². The lowest BCUT2D eigenvalue weighted by molar-refractivity contribution is 0.0386. The van der Waals surface area contributed by atoms with Crippen molar-refractivity contribution in [1.82, 2.24) is 20.4 Å². The highest BCUT2D eigenvalue weighted by Crippen LogP contribution is 2.19. The second-order valence-corrected chi connectivity index (χ2v) is 8.33. The van der Waals surface area contributed by atoms with Gasteiger partial charge in [-0.1, -0.05) is 31.2 Å². The maximum atomic E-state index is 10.6. The Kier molecular flexibility index (Phi) is 8.51. The average molecular weight is 428 g/mol. The fourth-order valence-corrected chi connectivity index (χ4v) is 3.71. The number of aliphatic hydroxyl groups is 1. The number of guanidine groups is 1. The van der Waals surface area contributed by atoms with Gasteiger partial charge in [-0.25, -0.2) is 4.99 Å². The van der Waals surface area contributed by atoms with Crippen molar-refractivity contribution >= 4 is 5.96 Å². The van der Waals surface area contributed by atoms with Crippen molar-refractivity contribution < 1.29 is 9.52 Å². The molecule has 3 rings (SSSR count). The number of piperazine rings is 1. The van der Waals surface area contributed by atoms with Crippen molar-refractivity contribution in [3.8, 4) is 0 Å². The van der Waals surface area contributed by atoms with Gasteiger partial charge in [0.15, 0.2) is 5.96 Å². The number of likely N-dealkylation sites (N-methyl/N-ethyl adjacent to an activating group) is 1. The molecule has 31 heavy (non-hydrogen) atoms. The molecule has 2 aromatic rings. The van der Waals surface area contributed by atoms with Crippen LogP contribution in [0.5, 0.6) is 0 Å². The monoisotopic (exact) mass is 427 g/mol. The highest BCUT2D eigenvalue weighted by molar-refractivity contribution is 5.79. The zero-order valence-corrected chi connectivity index (χ0v) is 19.1. The van der Waals surface area contributed by atoms with Crippen molar-refractivity contribution in [3.63, 3.8) is 0 Å². The predicted molar refractivity (Wildman–Crippen MR) is 125 cm³/mol. The molecular formula is C24H37N5O2. The summed E-state index contributed by atoms with van der Waals surface area (Å²) in [6.45, 7) is 14.4. The molecule has 0 aliphatic carbocycles. The quantitative estimate of drug-likeness (QED) is 0.421. The van der Waals surface area contributed by atoms with E-state index < -0.39 is 5.60 Å². The van der Waals surface area contributed by atoms with Gasteiger partial charge in [0.25, 0.3) is 0 Å². The smallest absolute Gasteiger partial charge is 0.191 e. The van der Waals surface area contributed by atoms with Crippen LogP contribution in [0, 0.1) is 0 Å². The highest BCUT2D eigenvalue weighted by atomic mass is 16.4. The number of hydrogen-bond donors (Lipinski definition) is 3. The molecule has 7 nitrogen and oxygen atoms in total. The van der Waals surface area contributed by atoms with Crippen molar-refractivity contribution in [2.45, 2.75) is 39.5 Å². The molecule has 1 aliphatic heterocycles. The third-order valence-corrected chi connectivity index (χ3v) is 5.76. The van der Waals surface area contributed by atoms with Crippen LogP contribution in [0.15, 0.2) is 52.1 Å². The van der Waals surface area contributed by atoms with Crippen molar-refractivity contribution in [3.05, 3.63) is 59.5 Å². The molecule has 0 bridgehead atoms. The van der Waals surface area contributed by atoms with E-state index in [1.807, 2.05) is 6.92 Å². The standard InChI is InChI=1S/C24H37N5O2/c1-4-25-23(27-19-24(3,30)22-7-6-16-31-22)26-17-20-8-10-21(11-9-20)18-29-14-12-28(5-2)13-15-29/h6-11,16,30H,4-5,12-15,17-19H2,1-3H3,(H2,25,26,27). The summed E-state index contributed by atoms with van der Waals surface area (Å²) in [6.07, 6.45) is 1.57. The van der Waals surface area contributed by atoms with Gasteiger partial charge >= 0.3 is 0 Å². The van der Waals surface area contributed by atoms with E-state index in [-0.39, 0.29) is 0 Å². The van der Waals surface area contributed by atoms with E-state index in [1.165, 1.54) is 5.56 Å². The number of hydrogen-bond acceptors (Lipinski definition) is 5. The second-order valence-electron chi connectivity index (χ2n) is 8.33. The van der Waals surface area contributed by atoms with Crippen LogP contribution in [0.25, 0.3) is 0 Å². The molecule has 2 heterocycles. The van der Waals surface area contributed by atoms with Gasteiger partial charge in [0.2, 0.25) is 0 Å². The number of rotatable bonds is 9. The van der Waals surface area contributed by atoms with Gasteiger partial charge < -0.3 is 25.1 Å². The van der Waals surface area contributed by atoms with Crippen molar-refractivity contribution in [1.29, 1.82) is 0 Å². The van der Waals surface area contributed by atoms with Gasteiger partial charge in [0.05, 0.1) is 19.4 Å².